The maximum Gasteiger partial charge on any atom is 0.311 e. The van der Waals surface area contributed by atoms with Crippen LogP contribution in [0.5, 0.6) is 0 Å². The van der Waals surface area contributed by atoms with E-state index in [9.17, 15) is 14.7 Å². The molecule has 0 spiro atoms. The Labute approximate surface area is 115 Å². The Morgan fingerprint density at radius 2 is 2.05 bits per heavy atom. The summed E-state index contributed by atoms with van der Waals surface area (Å²) in [6.07, 6.45) is 3.35. The van der Waals surface area contributed by atoms with E-state index in [1.54, 1.807) is 11.8 Å². The molecular formula is C14H26N2O3. The van der Waals surface area contributed by atoms with Gasteiger partial charge in [-0.25, -0.2) is 0 Å². The molecule has 0 aliphatic carbocycles. The molecule has 0 saturated carbocycles. The van der Waals surface area contributed by atoms with Gasteiger partial charge in [-0.1, -0.05) is 20.3 Å². The number of aliphatic carboxylic acids is 1. The Kier molecular flexibility index (Phi) is 4.96. The second-order valence-electron chi connectivity index (χ2n) is 5.94. The van der Waals surface area contributed by atoms with Gasteiger partial charge in [0.05, 0.1) is 11.0 Å². The lowest BCUT2D eigenvalue weighted by Crippen LogP contribution is -2.58. The van der Waals surface area contributed by atoms with Crippen LogP contribution in [-0.4, -0.2) is 40.5 Å². The van der Waals surface area contributed by atoms with E-state index in [2.05, 4.69) is 0 Å². The first-order valence-corrected chi connectivity index (χ1v) is 7.11. The van der Waals surface area contributed by atoms with Gasteiger partial charge in [-0.3, -0.25) is 9.59 Å². The smallest absolute Gasteiger partial charge is 0.311 e. The number of nitrogens with two attached hydrogens (primary N) is 1. The molecule has 1 heterocycles. The molecule has 110 valence electrons. The quantitative estimate of drug-likeness (QED) is 0.795. The van der Waals surface area contributed by atoms with Crippen molar-refractivity contribution in [3.8, 4) is 0 Å². The molecule has 2 atom stereocenters. The average molecular weight is 270 g/mol. The molecule has 5 heteroatoms. The molecule has 3 N–H and O–H groups in total. The number of carboxylic acid groups (broad SMARTS) is 1. The lowest BCUT2D eigenvalue weighted by atomic mass is 9.76. The van der Waals surface area contributed by atoms with Crippen LogP contribution in [0.3, 0.4) is 0 Å². The molecule has 1 saturated heterocycles. The summed E-state index contributed by atoms with van der Waals surface area (Å²) < 4.78 is 0. The fourth-order valence-electron chi connectivity index (χ4n) is 2.78. The van der Waals surface area contributed by atoms with Crippen LogP contribution in [-0.2, 0) is 9.59 Å². The summed E-state index contributed by atoms with van der Waals surface area (Å²) in [6, 6.07) is 0. The van der Waals surface area contributed by atoms with Gasteiger partial charge < -0.3 is 15.7 Å². The predicted octanol–water partition coefficient (Wildman–Crippen LogP) is 1.61. The number of piperidine rings is 1. The van der Waals surface area contributed by atoms with Crippen LogP contribution in [0.4, 0.5) is 0 Å². The van der Waals surface area contributed by atoms with Crippen LogP contribution in [0.15, 0.2) is 0 Å². The van der Waals surface area contributed by atoms with Gasteiger partial charge in [0, 0.05) is 13.1 Å². The molecule has 0 aromatic rings. The van der Waals surface area contributed by atoms with Crippen molar-refractivity contribution >= 4 is 11.9 Å². The Balaban J connectivity index is 2.89. The summed E-state index contributed by atoms with van der Waals surface area (Å²) in [5.41, 5.74) is 4.31. The van der Waals surface area contributed by atoms with E-state index in [0.717, 1.165) is 12.8 Å². The van der Waals surface area contributed by atoms with Crippen LogP contribution in [0, 0.1) is 5.41 Å². The van der Waals surface area contributed by atoms with Crippen molar-refractivity contribution in [1.29, 1.82) is 0 Å². The summed E-state index contributed by atoms with van der Waals surface area (Å²) in [6.45, 7) is 6.47. The summed E-state index contributed by atoms with van der Waals surface area (Å²) in [4.78, 5) is 25.6. The minimum absolute atomic E-state index is 0.128. The molecule has 1 rings (SSSR count). The lowest BCUT2D eigenvalue weighted by Gasteiger charge is -2.42. The number of likely N-dealkylation sites (tertiary alicyclic amines) is 1. The predicted molar refractivity (Wildman–Crippen MR) is 73.7 cm³/mol. The summed E-state index contributed by atoms with van der Waals surface area (Å²) in [5, 5.41) is 9.51. The van der Waals surface area contributed by atoms with Crippen molar-refractivity contribution in [3.05, 3.63) is 0 Å². The molecule has 1 fully saturated rings. The van der Waals surface area contributed by atoms with E-state index in [0.29, 0.717) is 32.4 Å². The Bertz CT molecular complexity index is 351. The number of carbonyl (C=O) groups excluding carboxylic acids is 1. The standard InChI is InChI=1S/C14H26N2O3/c1-4-7-14(12(18)19)8-6-9-16(10-14)11(17)13(3,15)5-2/h4-10,15H2,1-3H3,(H,18,19). The normalized spacial score (nSPS) is 26.8. The summed E-state index contributed by atoms with van der Waals surface area (Å²) >= 11 is 0. The first kappa shape index (κ1) is 16.0. The molecular weight excluding hydrogens is 244 g/mol. The van der Waals surface area contributed by atoms with E-state index in [1.807, 2.05) is 13.8 Å². The Morgan fingerprint density at radius 3 is 2.53 bits per heavy atom. The van der Waals surface area contributed by atoms with Crippen LogP contribution in [0.25, 0.3) is 0 Å². The minimum atomic E-state index is -0.895. The second kappa shape index (κ2) is 5.90. The number of carboxylic acids is 1. The fourth-order valence-corrected chi connectivity index (χ4v) is 2.78. The van der Waals surface area contributed by atoms with E-state index >= 15 is 0 Å². The number of hydrogen-bond acceptors (Lipinski definition) is 3. The lowest BCUT2D eigenvalue weighted by molar-refractivity contribution is -0.156. The Morgan fingerprint density at radius 1 is 1.42 bits per heavy atom. The number of nitrogens with zero attached hydrogens (tertiary/aromatic N) is 1. The molecule has 1 aliphatic rings. The third-order valence-corrected chi connectivity index (χ3v) is 4.27. The number of amides is 1. The van der Waals surface area contributed by atoms with Crippen molar-refractivity contribution in [2.45, 2.75) is 58.4 Å². The van der Waals surface area contributed by atoms with E-state index in [1.165, 1.54) is 0 Å². The zero-order valence-electron chi connectivity index (χ0n) is 12.2. The fraction of sp³-hybridized carbons (Fsp3) is 0.857. The second-order valence-corrected chi connectivity index (χ2v) is 5.94. The Hall–Kier alpha value is -1.10. The topological polar surface area (TPSA) is 83.6 Å². The molecule has 1 amide bonds. The first-order valence-electron chi connectivity index (χ1n) is 7.11. The summed E-state index contributed by atoms with van der Waals surface area (Å²) in [7, 11) is 0. The van der Waals surface area contributed by atoms with Crippen molar-refractivity contribution in [3.63, 3.8) is 0 Å². The van der Waals surface area contributed by atoms with E-state index in [4.69, 9.17) is 5.73 Å². The van der Waals surface area contributed by atoms with Gasteiger partial charge in [0.15, 0.2) is 0 Å². The first-order chi connectivity index (χ1) is 8.79. The molecule has 19 heavy (non-hydrogen) atoms. The average Bonchev–Trinajstić information content (AvgIpc) is 2.38. The molecule has 0 aromatic heterocycles. The largest absolute Gasteiger partial charge is 0.481 e. The zero-order valence-corrected chi connectivity index (χ0v) is 12.2. The van der Waals surface area contributed by atoms with Gasteiger partial charge >= 0.3 is 5.97 Å². The highest BCUT2D eigenvalue weighted by molar-refractivity contribution is 5.86. The third kappa shape index (κ3) is 3.26. The van der Waals surface area contributed by atoms with Crippen LogP contribution in [0.1, 0.15) is 52.9 Å². The number of rotatable bonds is 5. The SMILES string of the molecule is CCCC1(C(=O)O)CCCN(C(=O)C(C)(N)CC)C1. The molecule has 0 radical (unpaired) electrons. The monoisotopic (exact) mass is 270 g/mol. The molecule has 2 unspecified atom stereocenters. The third-order valence-electron chi connectivity index (χ3n) is 4.27. The number of carbonyl (C=O) groups is 2. The molecule has 1 aliphatic heterocycles. The van der Waals surface area contributed by atoms with Gasteiger partial charge in [-0.2, -0.15) is 0 Å². The highest BCUT2D eigenvalue weighted by atomic mass is 16.4. The van der Waals surface area contributed by atoms with Crippen LogP contribution in [0.2, 0.25) is 0 Å². The summed E-state index contributed by atoms with van der Waals surface area (Å²) in [5.74, 6) is -0.918. The molecule has 0 bridgehead atoms. The van der Waals surface area contributed by atoms with Gasteiger partial charge in [0.2, 0.25) is 5.91 Å². The van der Waals surface area contributed by atoms with Crippen molar-refractivity contribution in [2.75, 3.05) is 13.1 Å². The van der Waals surface area contributed by atoms with Gasteiger partial charge in [-0.05, 0) is 32.6 Å². The minimum Gasteiger partial charge on any atom is -0.481 e. The van der Waals surface area contributed by atoms with Gasteiger partial charge in [0.25, 0.3) is 0 Å². The van der Waals surface area contributed by atoms with Crippen LogP contribution >= 0.6 is 0 Å². The molecule has 0 aromatic carbocycles. The van der Waals surface area contributed by atoms with E-state index in [-0.39, 0.29) is 5.91 Å². The van der Waals surface area contributed by atoms with E-state index < -0.39 is 16.9 Å². The number of hydrogen-bond donors (Lipinski definition) is 2. The zero-order chi connectivity index (χ0) is 14.7. The van der Waals surface area contributed by atoms with Gasteiger partial charge in [-0.15, -0.1) is 0 Å². The van der Waals surface area contributed by atoms with Crippen molar-refractivity contribution < 1.29 is 14.7 Å². The van der Waals surface area contributed by atoms with Crippen LogP contribution < -0.4 is 5.73 Å². The maximum atomic E-state index is 12.4. The van der Waals surface area contributed by atoms with Crippen molar-refractivity contribution in [1.82, 2.24) is 4.90 Å². The maximum absolute atomic E-state index is 12.4. The molecule has 5 nitrogen and oxygen atoms in total. The van der Waals surface area contributed by atoms with Gasteiger partial charge in [0.1, 0.15) is 0 Å². The highest BCUT2D eigenvalue weighted by Crippen LogP contribution is 2.35. The van der Waals surface area contributed by atoms with Crippen molar-refractivity contribution in [2.24, 2.45) is 11.1 Å². The highest BCUT2D eigenvalue weighted by Gasteiger charge is 2.44.